The minimum Gasteiger partial charge on any atom is -0.350 e. The van der Waals surface area contributed by atoms with E-state index in [4.69, 9.17) is 11.6 Å². The first kappa shape index (κ1) is 20.9. The zero-order valence-corrected chi connectivity index (χ0v) is 18.4. The van der Waals surface area contributed by atoms with E-state index in [1.165, 1.54) is 6.20 Å². The van der Waals surface area contributed by atoms with E-state index >= 15 is 0 Å². The number of hydrogen-bond donors (Lipinski definition) is 1. The summed E-state index contributed by atoms with van der Waals surface area (Å²) >= 11 is 6.07. The van der Waals surface area contributed by atoms with Crippen LogP contribution in [-0.2, 0) is 13.1 Å². The zero-order valence-electron chi connectivity index (χ0n) is 17.6. The number of carbonyl (C=O) groups is 1. The topological polar surface area (TPSA) is 81.8 Å². The summed E-state index contributed by atoms with van der Waals surface area (Å²) in [5, 5.41) is 10.2. The molecule has 0 aliphatic rings. The Morgan fingerprint density at radius 3 is 2.64 bits per heavy atom. The van der Waals surface area contributed by atoms with Crippen LogP contribution in [-0.4, -0.2) is 31.8 Å². The third kappa shape index (κ3) is 4.10. The average molecular weight is 458 g/mol. The zero-order chi connectivity index (χ0) is 22.8. The molecule has 1 amide bonds. The average Bonchev–Trinajstić information content (AvgIpc) is 3.25. The first-order valence-corrected chi connectivity index (χ1v) is 10.9. The number of nitrogens with one attached hydrogen (secondary N) is 1. The molecule has 1 N–H and O–H groups in total. The van der Waals surface area contributed by atoms with Crippen LogP contribution in [0.3, 0.4) is 0 Å². The molecule has 3 aromatic carbocycles. The van der Waals surface area contributed by atoms with Crippen LogP contribution in [0.4, 0.5) is 0 Å². The molecule has 0 atom stereocenters. The van der Waals surface area contributed by atoms with Gasteiger partial charge in [0, 0.05) is 6.54 Å². The standard InChI is InChI=1S/C25H20ClN5O2/c26-22-11-4-3-10-20(22)24(32)27-12-13-31-23-21(14-29-31)25(33)30(16-28-23)15-18-8-5-7-17-6-1-2-9-19(17)18/h1-11,14,16H,12-13,15H2,(H,27,32). The second-order valence-corrected chi connectivity index (χ2v) is 8.06. The molecule has 0 aliphatic heterocycles. The number of amides is 1. The smallest absolute Gasteiger partial charge is 0.264 e. The van der Waals surface area contributed by atoms with Crippen LogP contribution in [0.1, 0.15) is 15.9 Å². The molecule has 0 bridgehead atoms. The van der Waals surface area contributed by atoms with Gasteiger partial charge in [0.05, 0.1) is 29.9 Å². The predicted molar refractivity (Wildman–Crippen MR) is 129 cm³/mol. The molecule has 33 heavy (non-hydrogen) atoms. The monoisotopic (exact) mass is 457 g/mol. The Bertz CT molecular complexity index is 1530. The van der Waals surface area contributed by atoms with Crippen molar-refractivity contribution in [2.75, 3.05) is 6.54 Å². The van der Waals surface area contributed by atoms with Gasteiger partial charge in [0.25, 0.3) is 11.5 Å². The molecular formula is C25H20ClN5O2. The van der Waals surface area contributed by atoms with Gasteiger partial charge >= 0.3 is 0 Å². The molecule has 8 heteroatoms. The van der Waals surface area contributed by atoms with Crippen LogP contribution in [0.25, 0.3) is 21.8 Å². The summed E-state index contributed by atoms with van der Waals surface area (Å²) in [6.07, 6.45) is 3.08. The van der Waals surface area contributed by atoms with Crippen LogP contribution >= 0.6 is 11.6 Å². The first-order valence-electron chi connectivity index (χ1n) is 10.5. The maximum atomic E-state index is 13.1. The minimum atomic E-state index is -0.262. The number of aromatic nitrogens is 4. The molecule has 0 aliphatic carbocycles. The number of halogens is 1. The Labute approximate surface area is 194 Å². The quantitative estimate of drug-likeness (QED) is 0.419. The van der Waals surface area contributed by atoms with Gasteiger partial charge < -0.3 is 5.32 Å². The van der Waals surface area contributed by atoms with Gasteiger partial charge in [-0.1, -0.05) is 66.2 Å². The Morgan fingerprint density at radius 1 is 0.970 bits per heavy atom. The molecule has 5 aromatic rings. The van der Waals surface area contributed by atoms with E-state index in [2.05, 4.69) is 33.6 Å². The number of nitrogens with zero attached hydrogens (tertiary/aromatic N) is 4. The maximum Gasteiger partial charge on any atom is 0.264 e. The lowest BCUT2D eigenvalue weighted by atomic mass is 10.0. The van der Waals surface area contributed by atoms with Crippen molar-refractivity contribution in [1.29, 1.82) is 0 Å². The van der Waals surface area contributed by atoms with Gasteiger partial charge in [-0.15, -0.1) is 0 Å². The van der Waals surface area contributed by atoms with Crippen LogP contribution in [0.15, 0.2) is 84.0 Å². The Balaban J connectivity index is 1.34. The predicted octanol–water partition coefficient (Wildman–Crippen LogP) is 3.88. The third-order valence-corrected chi connectivity index (χ3v) is 5.90. The molecule has 0 unspecified atom stereocenters. The highest BCUT2D eigenvalue weighted by atomic mass is 35.5. The fraction of sp³-hybridized carbons (Fsp3) is 0.120. The van der Waals surface area contributed by atoms with E-state index in [0.717, 1.165) is 16.3 Å². The SMILES string of the molecule is O=C(NCCn1ncc2c(=O)n(Cc3cccc4ccccc34)cnc21)c1ccccc1Cl. The van der Waals surface area contributed by atoms with Crippen LogP contribution in [0, 0.1) is 0 Å². The summed E-state index contributed by atoms with van der Waals surface area (Å²) in [7, 11) is 0. The van der Waals surface area contributed by atoms with Gasteiger partial charge in [0.15, 0.2) is 5.65 Å². The molecule has 7 nitrogen and oxygen atoms in total. The van der Waals surface area contributed by atoms with Crippen LogP contribution in [0.2, 0.25) is 5.02 Å². The number of fused-ring (bicyclic) bond motifs is 2. The second-order valence-electron chi connectivity index (χ2n) is 7.66. The normalized spacial score (nSPS) is 11.2. The molecule has 5 rings (SSSR count). The number of carbonyl (C=O) groups excluding carboxylic acids is 1. The van der Waals surface area contributed by atoms with Crippen molar-refractivity contribution in [2.45, 2.75) is 13.1 Å². The minimum absolute atomic E-state index is 0.153. The molecule has 0 saturated heterocycles. The molecule has 0 radical (unpaired) electrons. The van der Waals surface area contributed by atoms with Crippen molar-refractivity contribution in [1.82, 2.24) is 24.6 Å². The van der Waals surface area contributed by atoms with Gasteiger partial charge in [-0.05, 0) is 28.5 Å². The first-order chi connectivity index (χ1) is 16.1. The highest BCUT2D eigenvalue weighted by molar-refractivity contribution is 6.33. The van der Waals surface area contributed by atoms with E-state index in [1.54, 1.807) is 39.8 Å². The molecule has 2 heterocycles. The van der Waals surface area contributed by atoms with Gasteiger partial charge in [-0.2, -0.15) is 5.10 Å². The van der Waals surface area contributed by atoms with Crippen molar-refractivity contribution < 1.29 is 4.79 Å². The van der Waals surface area contributed by atoms with Gasteiger partial charge in [-0.3, -0.25) is 14.2 Å². The van der Waals surface area contributed by atoms with Crippen molar-refractivity contribution in [3.63, 3.8) is 0 Å². The van der Waals surface area contributed by atoms with E-state index in [0.29, 0.717) is 41.3 Å². The molecule has 2 aromatic heterocycles. The summed E-state index contributed by atoms with van der Waals surface area (Å²) in [4.78, 5) is 29.9. The number of rotatable bonds is 6. The van der Waals surface area contributed by atoms with Crippen molar-refractivity contribution >= 4 is 39.3 Å². The number of hydrogen-bond acceptors (Lipinski definition) is 4. The fourth-order valence-electron chi connectivity index (χ4n) is 3.90. The lowest BCUT2D eigenvalue weighted by Gasteiger charge is -2.10. The fourth-order valence-corrected chi connectivity index (χ4v) is 4.13. The van der Waals surface area contributed by atoms with Gasteiger partial charge in [-0.25, -0.2) is 9.67 Å². The summed E-state index contributed by atoms with van der Waals surface area (Å²) < 4.78 is 3.21. The number of benzene rings is 3. The largest absolute Gasteiger partial charge is 0.350 e. The van der Waals surface area contributed by atoms with Crippen molar-refractivity contribution in [3.8, 4) is 0 Å². The highest BCUT2D eigenvalue weighted by Crippen LogP contribution is 2.19. The molecule has 164 valence electrons. The van der Waals surface area contributed by atoms with E-state index in [1.807, 2.05) is 24.3 Å². The van der Waals surface area contributed by atoms with E-state index in [-0.39, 0.29) is 11.5 Å². The molecular weight excluding hydrogens is 438 g/mol. The van der Waals surface area contributed by atoms with Crippen molar-refractivity contribution in [2.24, 2.45) is 0 Å². The summed E-state index contributed by atoms with van der Waals surface area (Å²) in [5.41, 5.74) is 1.80. The van der Waals surface area contributed by atoms with Gasteiger partial charge in [0.1, 0.15) is 11.7 Å². The van der Waals surface area contributed by atoms with Crippen LogP contribution < -0.4 is 10.9 Å². The Morgan fingerprint density at radius 2 is 1.76 bits per heavy atom. The Kier molecular flexibility index (Phi) is 5.62. The molecule has 0 saturated carbocycles. The lowest BCUT2D eigenvalue weighted by molar-refractivity contribution is 0.0952. The highest BCUT2D eigenvalue weighted by Gasteiger charge is 2.13. The van der Waals surface area contributed by atoms with Crippen LogP contribution in [0.5, 0.6) is 0 Å². The van der Waals surface area contributed by atoms with Gasteiger partial charge in [0.2, 0.25) is 0 Å². The van der Waals surface area contributed by atoms with E-state index in [9.17, 15) is 9.59 Å². The molecule has 0 spiro atoms. The maximum absolute atomic E-state index is 13.1. The second kappa shape index (κ2) is 8.88. The molecule has 0 fully saturated rings. The lowest BCUT2D eigenvalue weighted by Crippen LogP contribution is -2.28. The summed E-state index contributed by atoms with van der Waals surface area (Å²) in [6.45, 7) is 1.11. The Hall–Kier alpha value is -3.97. The summed E-state index contributed by atoms with van der Waals surface area (Å²) in [5.74, 6) is -0.262. The van der Waals surface area contributed by atoms with Crippen molar-refractivity contribution in [3.05, 3.63) is 106 Å². The van der Waals surface area contributed by atoms with E-state index < -0.39 is 0 Å². The third-order valence-electron chi connectivity index (χ3n) is 5.57. The summed E-state index contributed by atoms with van der Waals surface area (Å²) in [6, 6.07) is 21.0.